The van der Waals surface area contributed by atoms with Gasteiger partial charge in [-0.05, 0) is 48.0 Å². The fourth-order valence-corrected chi connectivity index (χ4v) is 4.57. The highest BCUT2D eigenvalue weighted by Crippen LogP contribution is 2.42. The zero-order valence-electron chi connectivity index (χ0n) is 15.3. The van der Waals surface area contributed by atoms with Gasteiger partial charge in [0, 0.05) is 38.1 Å². The molecule has 29 heavy (non-hydrogen) atoms. The zero-order chi connectivity index (χ0) is 19.8. The van der Waals surface area contributed by atoms with Crippen LogP contribution in [0.3, 0.4) is 0 Å². The molecule has 0 aliphatic carbocycles. The lowest BCUT2D eigenvalue weighted by atomic mass is 10.1. The number of benzene rings is 3. The van der Waals surface area contributed by atoms with Crippen LogP contribution >= 0.6 is 23.4 Å². The molecule has 1 aromatic heterocycles. The van der Waals surface area contributed by atoms with Gasteiger partial charge in [-0.2, -0.15) is 0 Å². The number of hydrogen-bond donors (Lipinski definition) is 1. The van der Waals surface area contributed by atoms with Crippen LogP contribution < -0.4 is 4.74 Å². The number of hydrogen-bond acceptors (Lipinski definition) is 3. The van der Waals surface area contributed by atoms with E-state index in [2.05, 4.69) is 4.98 Å². The fraction of sp³-hybridized carbons (Fsp3) is 0.0417. The van der Waals surface area contributed by atoms with E-state index < -0.39 is 0 Å². The van der Waals surface area contributed by atoms with Crippen molar-refractivity contribution in [3.05, 3.63) is 99.5 Å². The van der Waals surface area contributed by atoms with Gasteiger partial charge in [0.2, 0.25) is 5.78 Å². The first-order chi connectivity index (χ1) is 14.2. The normalized spacial score (nSPS) is 14.5. The number of Topliss-reactive ketones (excluding diaryl/α,β-unsaturated/α-hetero) is 1. The van der Waals surface area contributed by atoms with Crippen molar-refractivity contribution in [2.24, 2.45) is 0 Å². The Labute approximate surface area is 177 Å². The van der Waals surface area contributed by atoms with Crippen LogP contribution in [-0.2, 0) is 6.61 Å². The van der Waals surface area contributed by atoms with Crippen LogP contribution in [0.5, 0.6) is 5.75 Å². The van der Waals surface area contributed by atoms with E-state index in [9.17, 15) is 4.79 Å². The van der Waals surface area contributed by atoms with Crippen molar-refractivity contribution in [1.29, 1.82) is 0 Å². The number of aromatic amines is 1. The number of rotatable bonds is 4. The zero-order valence-corrected chi connectivity index (χ0v) is 16.9. The lowest BCUT2D eigenvalue weighted by molar-refractivity contribution is 0.104. The van der Waals surface area contributed by atoms with E-state index in [1.54, 1.807) is 6.07 Å². The summed E-state index contributed by atoms with van der Waals surface area (Å²) in [6, 6.07) is 21.5. The van der Waals surface area contributed by atoms with Crippen LogP contribution in [-0.4, -0.2) is 10.8 Å². The van der Waals surface area contributed by atoms with E-state index in [-0.39, 0.29) is 5.78 Å². The summed E-state index contributed by atoms with van der Waals surface area (Å²) >= 11 is 7.53. The Morgan fingerprint density at radius 2 is 1.90 bits per heavy atom. The van der Waals surface area contributed by atoms with Crippen molar-refractivity contribution in [2.75, 3.05) is 0 Å². The highest BCUT2D eigenvalue weighted by molar-refractivity contribution is 8.04. The number of nitrogens with one attached hydrogen (secondary N) is 1. The summed E-state index contributed by atoms with van der Waals surface area (Å²) in [7, 11) is 0. The number of H-pyrrole nitrogens is 1. The molecule has 3 aromatic carbocycles. The Kier molecular flexibility index (Phi) is 4.66. The molecule has 0 fully saturated rings. The minimum absolute atomic E-state index is 0.0123. The lowest BCUT2D eigenvalue weighted by Gasteiger charge is -2.06. The standard InChI is InChI=1S/C24H16ClNO2S/c25-17-6-9-22-20(11-17)24(27)23(29-22)10-16-13-26-21-8-7-18(12-19(16)21)28-14-15-4-2-1-3-5-15/h1-13,26H,14H2/b23-10-. The van der Waals surface area contributed by atoms with Crippen molar-refractivity contribution in [3.8, 4) is 5.75 Å². The number of aromatic nitrogens is 1. The molecule has 5 heteroatoms. The molecule has 5 rings (SSSR count). The molecule has 4 aromatic rings. The molecular formula is C24H16ClNO2S. The van der Waals surface area contributed by atoms with Crippen LogP contribution in [0.15, 0.2) is 82.7 Å². The van der Waals surface area contributed by atoms with E-state index >= 15 is 0 Å². The first kappa shape index (κ1) is 18.1. The maximum Gasteiger partial charge on any atom is 0.200 e. The molecule has 0 saturated carbocycles. The van der Waals surface area contributed by atoms with E-state index in [0.29, 0.717) is 22.1 Å². The van der Waals surface area contributed by atoms with Gasteiger partial charge in [-0.3, -0.25) is 4.79 Å². The minimum atomic E-state index is 0.0123. The van der Waals surface area contributed by atoms with Gasteiger partial charge in [-0.1, -0.05) is 53.7 Å². The number of allylic oxidation sites excluding steroid dienone is 1. The third kappa shape index (κ3) is 3.57. The molecule has 0 unspecified atom stereocenters. The average Bonchev–Trinajstić information content (AvgIpc) is 3.28. The molecule has 0 atom stereocenters. The molecule has 0 amide bonds. The van der Waals surface area contributed by atoms with Gasteiger partial charge in [0.1, 0.15) is 12.4 Å². The summed E-state index contributed by atoms with van der Waals surface area (Å²) < 4.78 is 5.96. The highest BCUT2D eigenvalue weighted by Gasteiger charge is 2.26. The van der Waals surface area contributed by atoms with Gasteiger partial charge in [-0.15, -0.1) is 0 Å². The monoisotopic (exact) mass is 417 g/mol. The Bertz CT molecular complexity index is 1260. The van der Waals surface area contributed by atoms with Crippen molar-refractivity contribution >= 4 is 46.1 Å². The van der Waals surface area contributed by atoms with Gasteiger partial charge in [0.15, 0.2) is 0 Å². The molecule has 142 valence electrons. The molecule has 0 saturated heterocycles. The van der Waals surface area contributed by atoms with E-state index in [4.69, 9.17) is 16.3 Å². The summed E-state index contributed by atoms with van der Waals surface area (Å²) in [4.78, 5) is 17.7. The van der Waals surface area contributed by atoms with Gasteiger partial charge in [0.25, 0.3) is 0 Å². The summed E-state index contributed by atoms with van der Waals surface area (Å²) in [5, 5.41) is 1.59. The first-order valence-corrected chi connectivity index (χ1v) is 10.4. The second-order valence-corrected chi connectivity index (χ2v) is 8.33. The van der Waals surface area contributed by atoms with Crippen LogP contribution in [0.25, 0.3) is 17.0 Å². The smallest absolute Gasteiger partial charge is 0.200 e. The Morgan fingerprint density at radius 1 is 1.03 bits per heavy atom. The number of carbonyl (C=O) groups excluding carboxylic acids is 1. The van der Waals surface area contributed by atoms with Gasteiger partial charge in [-0.25, -0.2) is 0 Å². The highest BCUT2D eigenvalue weighted by atomic mass is 35.5. The molecule has 2 heterocycles. The molecule has 1 aliphatic heterocycles. The largest absolute Gasteiger partial charge is 0.489 e. The molecule has 1 N–H and O–H groups in total. The Morgan fingerprint density at radius 3 is 2.76 bits per heavy atom. The molecule has 0 bridgehead atoms. The minimum Gasteiger partial charge on any atom is -0.489 e. The van der Waals surface area contributed by atoms with Gasteiger partial charge < -0.3 is 9.72 Å². The van der Waals surface area contributed by atoms with Crippen molar-refractivity contribution in [1.82, 2.24) is 4.98 Å². The second kappa shape index (κ2) is 7.47. The number of fused-ring (bicyclic) bond motifs is 2. The van der Waals surface area contributed by atoms with Gasteiger partial charge in [0.05, 0.1) is 4.91 Å². The number of thioether (sulfide) groups is 1. The van der Waals surface area contributed by atoms with E-state index in [1.807, 2.05) is 72.9 Å². The third-order valence-corrected chi connectivity index (χ3v) is 6.18. The third-order valence-electron chi connectivity index (χ3n) is 4.85. The van der Waals surface area contributed by atoms with Crippen LogP contribution in [0, 0.1) is 0 Å². The van der Waals surface area contributed by atoms with E-state index in [1.165, 1.54) is 11.8 Å². The van der Waals surface area contributed by atoms with Crippen molar-refractivity contribution in [2.45, 2.75) is 11.5 Å². The van der Waals surface area contributed by atoms with Crippen LogP contribution in [0.4, 0.5) is 0 Å². The SMILES string of the molecule is O=C1/C(=C/c2c[nH]c3ccc(OCc4ccccc4)cc23)Sc2ccc(Cl)cc21. The predicted octanol–water partition coefficient (Wildman–Crippen LogP) is 6.73. The lowest BCUT2D eigenvalue weighted by Crippen LogP contribution is -1.95. The topological polar surface area (TPSA) is 42.1 Å². The molecule has 1 aliphatic rings. The van der Waals surface area contributed by atoms with Crippen LogP contribution in [0.2, 0.25) is 5.02 Å². The van der Waals surface area contributed by atoms with E-state index in [0.717, 1.165) is 32.7 Å². The quantitative estimate of drug-likeness (QED) is 0.374. The average molecular weight is 418 g/mol. The predicted molar refractivity (Wildman–Crippen MR) is 119 cm³/mol. The first-order valence-electron chi connectivity index (χ1n) is 9.19. The summed E-state index contributed by atoms with van der Waals surface area (Å²) in [6.45, 7) is 0.512. The number of ether oxygens (including phenoxy) is 1. The molecule has 0 spiro atoms. The summed E-state index contributed by atoms with van der Waals surface area (Å²) in [6.07, 6.45) is 3.85. The Balaban J connectivity index is 1.44. The van der Waals surface area contributed by atoms with Crippen LogP contribution in [0.1, 0.15) is 21.5 Å². The van der Waals surface area contributed by atoms with Crippen molar-refractivity contribution < 1.29 is 9.53 Å². The summed E-state index contributed by atoms with van der Waals surface area (Å²) in [5.74, 6) is 0.805. The maximum atomic E-state index is 12.8. The molecule has 0 radical (unpaired) electrons. The molecule has 3 nitrogen and oxygen atoms in total. The van der Waals surface area contributed by atoms with Crippen molar-refractivity contribution in [3.63, 3.8) is 0 Å². The summed E-state index contributed by atoms with van der Waals surface area (Å²) in [5.41, 5.74) is 3.74. The Hall–Kier alpha value is -2.95. The molecular weight excluding hydrogens is 402 g/mol. The van der Waals surface area contributed by atoms with Gasteiger partial charge >= 0.3 is 0 Å². The number of ketones is 1. The number of carbonyl (C=O) groups is 1. The maximum absolute atomic E-state index is 12.8. The second-order valence-electron chi connectivity index (χ2n) is 6.81. The number of halogens is 1. The fourth-order valence-electron chi connectivity index (χ4n) is 3.37.